The highest BCUT2D eigenvalue weighted by atomic mass is 32.2. The van der Waals surface area contributed by atoms with Crippen molar-refractivity contribution in [2.45, 2.75) is 57.1 Å². The van der Waals surface area contributed by atoms with Crippen molar-refractivity contribution in [3.8, 4) is 0 Å². The van der Waals surface area contributed by atoms with Crippen molar-refractivity contribution in [1.29, 1.82) is 0 Å². The normalized spacial score (nSPS) is 38.4. The highest BCUT2D eigenvalue weighted by Crippen LogP contribution is 2.52. The molecule has 4 aliphatic heterocycles. The molecule has 9 heteroatoms. The number of likely N-dealkylation sites (N-methyl/N-ethyl adjacent to an activating group) is 1. The standard InChI is InChI=1S/C21H26N2O5S2/c1-4-29-18-16(24)9-6-11-15-10(21(26)27)7-12(22(15)3)20-23(11)13(8-28-20)14(9)17(25)19(18)30-5-2/h10-13,15,20H,4-8H2,1-3H3,(H,26,27)/t10-,11+,12+,13+,15-,20?/m1/s1. The average molecular weight is 451 g/mol. The fourth-order valence-corrected chi connectivity index (χ4v) is 7.99. The molecule has 4 heterocycles. The Bertz CT molecular complexity index is 900. The van der Waals surface area contributed by atoms with Gasteiger partial charge in [0.2, 0.25) is 0 Å². The van der Waals surface area contributed by atoms with Gasteiger partial charge in [0.05, 0.1) is 34.4 Å². The maximum Gasteiger partial charge on any atom is 0.308 e. The van der Waals surface area contributed by atoms with E-state index in [2.05, 4.69) is 9.80 Å². The zero-order valence-corrected chi connectivity index (χ0v) is 18.9. The topological polar surface area (TPSA) is 87.2 Å². The Morgan fingerprint density at radius 3 is 2.43 bits per heavy atom. The first kappa shape index (κ1) is 20.8. The van der Waals surface area contributed by atoms with Crippen LogP contribution in [-0.2, 0) is 19.1 Å². The van der Waals surface area contributed by atoms with E-state index in [1.807, 2.05) is 20.9 Å². The molecule has 5 rings (SSSR count). The minimum absolute atomic E-state index is 0.000122. The number of carbonyl (C=O) groups is 3. The van der Waals surface area contributed by atoms with Gasteiger partial charge in [0.25, 0.3) is 0 Å². The van der Waals surface area contributed by atoms with Gasteiger partial charge in [0, 0.05) is 23.2 Å². The maximum atomic E-state index is 13.6. The summed E-state index contributed by atoms with van der Waals surface area (Å²) in [4.78, 5) is 44.6. The predicted molar refractivity (Wildman–Crippen MR) is 115 cm³/mol. The highest BCUT2D eigenvalue weighted by molar-refractivity contribution is 8.08. The van der Waals surface area contributed by atoms with Crippen molar-refractivity contribution in [1.82, 2.24) is 9.80 Å². The number of piperazine rings is 1. The van der Waals surface area contributed by atoms with Crippen molar-refractivity contribution in [2.24, 2.45) is 5.92 Å². The van der Waals surface area contributed by atoms with Crippen LogP contribution in [0.3, 0.4) is 0 Å². The Morgan fingerprint density at radius 1 is 1.13 bits per heavy atom. The summed E-state index contributed by atoms with van der Waals surface area (Å²) in [5, 5.41) is 9.84. The molecular weight excluding hydrogens is 424 g/mol. The number of hydrogen-bond donors (Lipinski definition) is 1. The number of hydrogen-bond acceptors (Lipinski definition) is 8. The number of carbonyl (C=O) groups excluding carboxylic acids is 2. The minimum atomic E-state index is -0.790. The summed E-state index contributed by atoms with van der Waals surface area (Å²) in [5.74, 6) is 0.120. The monoisotopic (exact) mass is 450 g/mol. The molecule has 1 aliphatic carbocycles. The molecule has 0 spiro atoms. The zero-order chi connectivity index (χ0) is 21.3. The number of ketones is 2. The van der Waals surface area contributed by atoms with Gasteiger partial charge >= 0.3 is 5.97 Å². The molecule has 30 heavy (non-hydrogen) atoms. The van der Waals surface area contributed by atoms with E-state index in [1.54, 1.807) is 0 Å². The third kappa shape index (κ3) is 2.68. The number of ether oxygens (including phenoxy) is 1. The summed E-state index contributed by atoms with van der Waals surface area (Å²) in [6.45, 7) is 4.36. The van der Waals surface area contributed by atoms with E-state index in [1.165, 1.54) is 23.5 Å². The molecule has 5 aliphatic rings. The van der Waals surface area contributed by atoms with Gasteiger partial charge < -0.3 is 9.84 Å². The molecule has 0 aromatic rings. The van der Waals surface area contributed by atoms with Crippen LogP contribution in [-0.4, -0.2) is 88.0 Å². The lowest BCUT2D eigenvalue weighted by atomic mass is 9.77. The van der Waals surface area contributed by atoms with Gasteiger partial charge in [-0.2, -0.15) is 0 Å². The molecule has 6 atom stereocenters. The molecule has 0 aromatic carbocycles. The van der Waals surface area contributed by atoms with Crippen LogP contribution in [0.15, 0.2) is 21.0 Å². The first-order chi connectivity index (χ1) is 14.4. The van der Waals surface area contributed by atoms with Gasteiger partial charge in [-0.25, -0.2) is 0 Å². The number of fused-ring (bicyclic) bond motifs is 5. The number of Topliss-reactive ketones (excluding diaryl/α,β-unsaturated/α-hetero) is 2. The van der Waals surface area contributed by atoms with Crippen molar-refractivity contribution in [2.75, 3.05) is 25.2 Å². The van der Waals surface area contributed by atoms with Gasteiger partial charge in [0.1, 0.15) is 6.23 Å². The summed E-state index contributed by atoms with van der Waals surface area (Å²) < 4.78 is 6.17. The Kier molecular flexibility index (Phi) is 5.17. The quantitative estimate of drug-likeness (QED) is 0.629. The van der Waals surface area contributed by atoms with Crippen LogP contribution < -0.4 is 0 Å². The van der Waals surface area contributed by atoms with E-state index in [-0.39, 0.29) is 42.0 Å². The van der Waals surface area contributed by atoms with Crippen LogP contribution in [0.2, 0.25) is 0 Å². The molecule has 0 saturated carbocycles. The van der Waals surface area contributed by atoms with Crippen LogP contribution in [0.25, 0.3) is 0 Å². The molecule has 7 nitrogen and oxygen atoms in total. The Labute approximate surface area is 184 Å². The summed E-state index contributed by atoms with van der Waals surface area (Å²) in [6, 6.07) is -0.564. The smallest absolute Gasteiger partial charge is 0.308 e. The van der Waals surface area contributed by atoms with Crippen LogP contribution in [0.1, 0.15) is 26.7 Å². The number of rotatable bonds is 5. The lowest BCUT2D eigenvalue weighted by molar-refractivity contribution is -0.144. The van der Waals surface area contributed by atoms with Gasteiger partial charge in [0.15, 0.2) is 11.6 Å². The van der Waals surface area contributed by atoms with Crippen LogP contribution in [0.5, 0.6) is 0 Å². The van der Waals surface area contributed by atoms with E-state index in [0.717, 1.165) is 11.5 Å². The van der Waals surface area contributed by atoms with Gasteiger partial charge in [-0.1, -0.05) is 13.8 Å². The molecule has 0 amide bonds. The molecule has 0 aromatic heterocycles. The zero-order valence-electron chi connectivity index (χ0n) is 17.3. The molecule has 1 unspecified atom stereocenters. The number of allylic oxidation sites excluding steroid dienone is 2. The largest absolute Gasteiger partial charge is 0.481 e. The minimum Gasteiger partial charge on any atom is -0.481 e. The molecule has 2 bridgehead atoms. The van der Waals surface area contributed by atoms with Crippen molar-refractivity contribution in [3.63, 3.8) is 0 Å². The number of nitrogens with zero attached hydrogens (tertiary/aromatic N) is 2. The van der Waals surface area contributed by atoms with E-state index >= 15 is 0 Å². The average Bonchev–Trinajstić information content (AvgIpc) is 3.25. The summed E-state index contributed by atoms with van der Waals surface area (Å²) in [6.07, 6.45) is 0.736. The summed E-state index contributed by atoms with van der Waals surface area (Å²) in [5.41, 5.74) is 1.20. The molecule has 3 saturated heterocycles. The van der Waals surface area contributed by atoms with Crippen LogP contribution >= 0.6 is 23.5 Å². The second-order valence-electron chi connectivity index (χ2n) is 8.44. The maximum absolute atomic E-state index is 13.6. The second kappa shape index (κ2) is 7.48. The first-order valence-electron chi connectivity index (χ1n) is 10.6. The van der Waals surface area contributed by atoms with E-state index in [0.29, 0.717) is 40.4 Å². The van der Waals surface area contributed by atoms with Gasteiger partial charge in [-0.3, -0.25) is 24.2 Å². The number of carboxylic acids is 1. The van der Waals surface area contributed by atoms with Crippen molar-refractivity contribution < 1.29 is 24.2 Å². The second-order valence-corrected chi connectivity index (χ2v) is 11.0. The molecular formula is C21H26N2O5S2. The van der Waals surface area contributed by atoms with Crippen molar-refractivity contribution >= 4 is 41.1 Å². The number of aliphatic carboxylic acids is 1. The van der Waals surface area contributed by atoms with Gasteiger partial charge in [-0.15, -0.1) is 23.5 Å². The van der Waals surface area contributed by atoms with Crippen LogP contribution in [0, 0.1) is 5.92 Å². The van der Waals surface area contributed by atoms with Crippen molar-refractivity contribution in [3.05, 3.63) is 21.0 Å². The predicted octanol–water partition coefficient (Wildman–Crippen LogP) is 1.74. The molecule has 1 N–H and O–H groups in total. The van der Waals surface area contributed by atoms with Crippen LogP contribution in [0.4, 0.5) is 0 Å². The number of carboxylic acid groups (broad SMARTS) is 1. The fraction of sp³-hybridized carbons (Fsp3) is 0.667. The fourth-order valence-electron chi connectivity index (χ4n) is 6.12. The Balaban J connectivity index is 1.60. The number of thioether (sulfide) groups is 2. The summed E-state index contributed by atoms with van der Waals surface area (Å²) >= 11 is 2.89. The Hall–Kier alpha value is -1.13. The first-order valence-corrected chi connectivity index (χ1v) is 12.5. The lowest BCUT2D eigenvalue weighted by Gasteiger charge is -2.52. The SMILES string of the molecule is CCSC1=C(SCC)C(=O)C2=C(C[C@H]3[C@H]4[C@H](C(=O)O)C[C@@H](C5OC[C@@H]2N53)N4C)C1=O. The highest BCUT2D eigenvalue weighted by Gasteiger charge is 2.63. The molecule has 3 fully saturated rings. The molecule has 162 valence electrons. The van der Waals surface area contributed by atoms with E-state index in [9.17, 15) is 19.5 Å². The van der Waals surface area contributed by atoms with E-state index < -0.39 is 11.9 Å². The third-order valence-corrected chi connectivity index (χ3v) is 9.25. The van der Waals surface area contributed by atoms with E-state index in [4.69, 9.17) is 4.74 Å². The third-order valence-electron chi connectivity index (χ3n) is 7.19. The Morgan fingerprint density at radius 2 is 1.80 bits per heavy atom. The lowest BCUT2D eigenvalue weighted by Crippen LogP contribution is -2.66. The summed E-state index contributed by atoms with van der Waals surface area (Å²) in [7, 11) is 1.97. The van der Waals surface area contributed by atoms with Gasteiger partial charge in [-0.05, 0) is 31.4 Å². The molecule has 0 radical (unpaired) electrons.